The molecule has 5 heteroatoms. The summed E-state index contributed by atoms with van der Waals surface area (Å²) in [5.41, 5.74) is 0. The van der Waals surface area contributed by atoms with E-state index in [4.69, 9.17) is 5.11 Å². The first-order valence-electron chi connectivity index (χ1n) is 3.20. The van der Waals surface area contributed by atoms with E-state index < -0.39 is 12.1 Å². The molecule has 0 saturated carbocycles. The maximum absolute atomic E-state index is 11.0. The number of aliphatic hydroxyl groups is 1. The molecule has 1 unspecified atom stereocenters. The highest BCUT2D eigenvalue weighted by Gasteiger charge is 2.10. The number of aliphatic hydroxyl groups excluding tert-OH is 1. The Morgan fingerprint density at radius 3 is 2.64 bits per heavy atom. The maximum Gasteiger partial charge on any atom is 0.351 e. The molecule has 0 saturated heterocycles. The van der Waals surface area contributed by atoms with E-state index in [-0.39, 0.29) is 18.8 Å². The van der Waals surface area contributed by atoms with Gasteiger partial charge in [0.2, 0.25) is 0 Å². The largest absolute Gasteiger partial charge is 0.393 e. The molecule has 1 atom stereocenters. The summed E-state index contributed by atoms with van der Waals surface area (Å²) in [7, 11) is 0. The van der Waals surface area contributed by atoms with Crippen LogP contribution in [-0.2, 0) is 9.74 Å². The lowest BCUT2D eigenvalue weighted by atomic mass is 10.1. The minimum absolute atomic E-state index is 0. The third-order valence-corrected chi connectivity index (χ3v) is 1.11. The van der Waals surface area contributed by atoms with Crippen LogP contribution >= 0.6 is 12.4 Å². The summed E-state index contributed by atoms with van der Waals surface area (Å²) < 4.78 is 11.0. The molecule has 0 amide bonds. The Labute approximate surface area is 70.9 Å². The third kappa shape index (κ3) is 7.55. The molecule has 0 fully saturated rings. The molecule has 0 spiro atoms. The SMILES string of the molecule is CCCC(O)CC(=O)OF.Cl. The van der Waals surface area contributed by atoms with Crippen molar-refractivity contribution in [3.63, 3.8) is 0 Å². The Morgan fingerprint density at radius 2 is 2.27 bits per heavy atom. The van der Waals surface area contributed by atoms with Gasteiger partial charge in [-0.25, -0.2) is 4.79 Å². The monoisotopic (exact) mass is 186 g/mol. The van der Waals surface area contributed by atoms with E-state index in [1.54, 1.807) is 0 Å². The van der Waals surface area contributed by atoms with Gasteiger partial charge in [0.15, 0.2) is 0 Å². The molecule has 0 aliphatic carbocycles. The molecular weight excluding hydrogens is 175 g/mol. The van der Waals surface area contributed by atoms with Gasteiger partial charge in [-0.1, -0.05) is 13.3 Å². The van der Waals surface area contributed by atoms with Crippen molar-refractivity contribution in [1.29, 1.82) is 0 Å². The van der Waals surface area contributed by atoms with Crippen LogP contribution in [0.2, 0.25) is 0 Å². The fourth-order valence-electron chi connectivity index (χ4n) is 0.659. The molecule has 1 N–H and O–H groups in total. The lowest BCUT2D eigenvalue weighted by Gasteiger charge is -2.03. The molecule has 3 nitrogen and oxygen atoms in total. The zero-order chi connectivity index (χ0) is 7.98. The van der Waals surface area contributed by atoms with Crippen LogP contribution in [0.4, 0.5) is 4.53 Å². The van der Waals surface area contributed by atoms with Crippen molar-refractivity contribution in [3.05, 3.63) is 0 Å². The van der Waals surface area contributed by atoms with Crippen molar-refractivity contribution in [1.82, 2.24) is 0 Å². The second-order valence-electron chi connectivity index (χ2n) is 2.10. The molecule has 0 heterocycles. The highest BCUT2D eigenvalue weighted by Crippen LogP contribution is 2.02. The van der Waals surface area contributed by atoms with Crippen LogP contribution in [0.5, 0.6) is 0 Å². The van der Waals surface area contributed by atoms with Crippen molar-refractivity contribution in [3.8, 4) is 0 Å². The average molecular weight is 187 g/mol. The summed E-state index contributed by atoms with van der Waals surface area (Å²) in [6.07, 6.45) is 0.230. The van der Waals surface area contributed by atoms with E-state index >= 15 is 0 Å². The first-order chi connectivity index (χ1) is 4.70. The fraction of sp³-hybridized carbons (Fsp3) is 0.833. The molecule has 0 aromatic rings. The number of rotatable bonds is 4. The second-order valence-corrected chi connectivity index (χ2v) is 2.10. The van der Waals surface area contributed by atoms with Crippen molar-refractivity contribution < 1.29 is 19.4 Å². The number of carbonyl (C=O) groups is 1. The Kier molecular flexibility index (Phi) is 9.34. The Balaban J connectivity index is 0. The van der Waals surface area contributed by atoms with Crippen LogP contribution in [0.25, 0.3) is 0 Å². The van der Waals surface area contributed by atoms with E-state index in [2.05, 4.69) is 4.94 Å². The zero-order valence-corrected chi connectivity index (χ0v) is 7.07. The standard InChI is InChI=1S/C6H11FO3.ClH/c1-2-3-5(8)4-6(9)10-7;/h5,8H,2-4H2,1H3;1H. The molecule has 0 radical (unpaired) electrons. The van der Waals surface area contributed by atoms with Gasteiger partial charge >= 0.3 is 5.97 Å². The van der Waals surface area contributed by atoms with E-state index in [0.717, 1.165) is 6.42 Å². The summed E-state index contributed by atoms with van der Waals surface area (Å²) >= 11 is 0. The van der Waals surface area contributed by atoms with Gasteiger partial charge in [-0.3, -0.25) is 4.94 Å². The predicted octanol–water partition coefficient (Wildman–Crippen LogP) is 1.39. The predicted molar refractivity (Wildman–Crippen MR) is 40.0 cm³/mol. The highest BCUT2D eigenvalue weighted by atomic mass is 35.5. The van der Waals surface area contributed by atoms with Gasteiger partial charge in [0, 0.05) is 4.53 Å². The van der Waals surface area contributed by atoms with Crippen molar-refractivity contribution >= 4 is 18.4 Å². The van der Waals surface area contributed by atoms with Crippen LogP contribution in [0.1, 0.15) is 26.2 Å². The van der Waals surface area contributed by atoms with E-state index in [1.807, 2.05) is 6.92 Å². The normalized spacial score (nSPS) is 11.5. The first kappa shape index (κ1) is 13.3. The van der Waals surface area contributed by atoms with Gasteiger partial charge in [-0.2, -0.15) is 0 Å². The average Bonchev–Trinajstić information content (AvgIpc) is 1.88. The number of carbonyl (C=O) groups excluding carboxylic acids is 1. The Hall–Kier alpha value is -0.350. The molecule has 0 aromatic carbocycles. The number of hydrogen-bond acceptors (Lipinski definition) is 3. The fourth-order valence-corrected chi connectivity index (χ4v) is 0.659. The number of halogens is 2. The Morgan fingerprint density at radius 1 is 1.73 bits per heavy atom. The van der Waals surface area contributed by atoms with Crippen molar-refractivity contribution in [2.45, 2.75) is 32.3 Å². The van der Waals surface area contributed by atoms with Gasteiger partial charge in [0.1, 0.15) is 0 Å². The smallest absolute Gasteiger partial charge is 0.351 e. The second kappa shape index (κ2) is 7.75. The first-order valence-corrected chi connectivity index (χ1v) is 3.20. The quantitative estimate of drug-likeness (QED) is 0.722. The van der Waals surface area contributed by atoms with E-state index in [9.17, 15) is 9.32 Å². The lowest BCUT2D eigenvalue weighted by Crippen LogP contribution is -2.12. The summed E-state index contributed by atoms with van der Waals surface area (Å²) in [5.74, 6) is -1.01. The van der Waals surface area contributed by atoms with Crippen LogP contribution in [0.15, 0.2) is 0 Å². The molecular formula is C6H12ClFO3. The van der Waals surface area contributed by atoms with Crippen molar-refractivity contribution in [2.75, 3.05) is 0 Å². The summed E-state index contributed by atoms with van der Waals surface area (Å²) in [5, 5.41) is 8.88. The van der Waals surface area contributed by atoms with E-state index in [0.29, 0.717) is 6.42 Å². The Bertz CT molecular complexity index is 110. The number of hydrogen-bond donors (Lipinski definition) is 1. The minimum atomic E-state index is -1.01. The molecule has 0 bridgehead atoms. The molecule has 0 rings (SSSR count). The van der Waals surface area contributed by atoms with Gasteiger partial charge in [-0.15, -0.1) is 12.4 Å². The van der Waals surface area contributed by atoms with Crippen LogP contribution < -0.4 is 0 Å². The van der Waals surface area contributed by atoms with Gasteiger partial charge in [0.05, 0.1) is 12.5 Å². The summed E-state index contributed by atoms with van der Waals surface area (Å²) in [4.78, 5) is 13.0. The molecule has 0 aromatic heterocycles. The molecule has 0 aliphatic heterocycles. The van der Waals surface area contributed by atoms with Gasteiger partial charge < -0.3 is 5.11 Å². The highest BCUT2D eigenvalue weighted by molar-refractivity contribution is 5.85. The molecule has 0 aliphatic rings. The van der Waals surface area contributed by atoms with Gasteiger partial charge in [-0.05, 0) is 6.42 Å². The zero-order valence-electron chi connectivity index (χ0n) is 6.25. The van der Waals surface area contributed by atoms with Crippen LogP contribution in [-0.4, -0.2) is 17.2 Å². The molecule has 68 valence electrons. The molecule has 11 heavy (non-hydrogen) atoms. The van der Waals surface area contributed by atoms with Crippen molar-refractivity contribution in [2.24, 2.45) is 0 Å². The summed E-state index contributed by atoms with van der Waals surface area (Å²) in [6, 6.07) is 0. The lowest BCUT2D eigenvalue weighted by molar-refractivity contribution is -0.185. The topological polar surface area (TPSA) is 46.5 Å². The van der Waals surface area contributed by atoms with Gasteiger partial charge in [0.25, 0.3) is 0 Å². The third-order valence-electron chi connectivity index (χ3n) is 1.11. The van der Waals surface area contributed by atoms with Crippen LogP contribution in [0.3, 0.4) is 0 Å². The van der Waals surface area contributed by atoms with Crippen LogP contribution in [0, 0.1) is 0 Å². The minimum Gasteiger partial charge on any atom is -0.393 e. The summed E-state index contributed by atoms with van der Waals surface area (Å²) in [6.45, 7) is 1.87. The maximum atomic E-state index is 11.0. The van der Waals surface area contributed by atoms with E-state index in [1.165, 1.54) is 0 Å².